The van der Waals surface area contributed by atoms with Crippen LogP contribution in [0.2, 0.25) is 0 Å². The highest BCUT2D eigenvalue weighted by Gasteiger charge is 2.32. The predicted octanol–water partition coefficient (Wildman–Crippen LogP) is 0.854. The highest BCUT2D eigenvalue weighted by atomic mass is 16.5. The van der Waals surface area contributed by atoms with Crippen LogP contribution in [0.3, 0.4) is 0 Å². The molecule has 6 heteroatoms. The van der Waals surface area contributed by atoms with E-state index in [1.165, 1.54) is 0 Å². The number of nitrogens with zero attached hydrogens (tertiary/aromatic N) is 2. The average Bonchev–Trinajstić information content (AvgIpc) is 2.85. The van der Waals surface area contributed by atoms with Crippen LogP contribution in [0.5, 0.6) is 11.5 Å². The maximum Gasteiger partial charge on any atom is 0.224 e. The Morgan fingerprint density at radius 3 is 2.58 bits per heavy atom. The topological polar surface area (TPSA) is 54.0 Å². The van der Waals surface area contributed by atoms with Crippen molar-refractivity contribution in [2.75, 3.05) is 55.0 Å². The maximum atomic E-state index is 12.4. The molecule has 1 saturated heterocycles. The summed E-state index contributed by atoms with van der Waals surface area (Å²) in [7, 11) is 9.44. The van der Waals surface area contributed by atoms with Gasteiger partial charge in [0.25, 0.3) is 0 Å². The molecule has 0 aliphatic carbocycles. The van der Waals surface area contributed by atoms with Crippen molar-refractivity contribution in [3.8, 4) is 11.5 Å². The van der Waals surface area contributed by atoms with E-state index in [0.29, 0.717) is 23.8 Å². The van der Waals surface area contributed by atoms with Gasteiger partial charge in [-0.2, -0.15) is 0 Å². The molecule has 1 amide bonds. The minimum atomic E-state index is 0.0475. The van der Waals surface area contributed by atoms with Crippen LogP contribution < -0.4 is 14.8 Å². The molecule has 134 valence electrons. The van der Waals surface area contributed by atoms with Crippen LogP contribution in [0.15, 0.2) is 18.2 Å². The molecule has 1 aromatic carbocycles. The van der Waals surface area contributed by atoms with Crippen LogP contribution in [-0.4, -0.2) is 76.7 Å². The normalized spacial score (nSPS) is 21.1. The molecule has 0 aromatic heterocycles. The highest BCUT2D eigenvalue weighted by Crippen LogP contribution is 2.27. The number of rotatable bonds is 7. The predicted molar refractivity (Wildman–Crippen MR) is 94.7 cm³/mol. The number of amides is 1. The monoisotopic (exact) mass is 335 g/mol. The molecule has 1 fully saturated rings. The van der Waals surface area contributed by atoms with Gasteiger partial charge in [-0.05, 0) is 38.8 Å². The number of benzene rings is 1. The van der Waals surface area contributed by atoms with Gasteiger partial charge in [0.05, 0.1) is 20.6 Å². The second-order valence-corrected chi connectivity index (χ2v) is 6.78. The van der Waals surface area contributed by atoms with Crippen molar-refractivity contribution >= 4 is 5.91 Å². The Balaban J connectivity index is 1.97. The molecule has 2 atom stereocenters. The molecule has 1 aliphatic rings. The zero-order valence-corrected chi connectivity index (χ0v) is 15.3. The number of likely N-dealkylation sites (N-methyl/N-ethyl adjacent to an activating group) is 1. The number of hydrogen-bond acceptors (Lipinski definition) is 5. The lowest BCUT2D eigenvalue weighted by Crippen LogP contribution is -2.43. The second kappa shape index (κ2) is 8.35. The zero-order chi connectivity index (χ0) is 17.7. The lowest BCUT2D eigenvalue weighted by molar-refractivity contribution is -0.121. The van der Waals surface area contributed by atoms with Gasteiger partial charge in [-0.15, -0.1) is 0 Å². The summed E-state index contributed by atoms with van der Waals surface area (Å²) < 4.78 is 10.5. The summed E-state index contributed by atoms with van der Waals surface area (Å²) in [5.74, 6) is 1.82. The smallest absolute Gasteiger partial charge is 0.224 e. The van der Waals surface area contributed by atoms with Crippen molar-refractivity contribution in [2.24, 2.45) is 5.92 Å². The first-order valence-corrected chi connectivity index (χ1v) is 8.26. The van der Waals surface area contributed by atoms with Crippen molar-refractivity contribution < 1.29 is 14.3 Å². The SMILES string of the molecule is COc1ccc(CC(=O)N[C@@H]2CN(C)C[C@H]2CN(C)C)cc1OC. The van der Waals surface area contributed by atoms with Crippen LogP contribution in [0.25, 0.3) is 0 Å². The Bertz CT molecular complexity index is 562. The molecule has 1 aromatic rings. The minimum Gasteiger partial charge on any atom is -0.493 e. The third-order valence-corrected chi connectivity index (χ3v) is 4.38. The van der Waals surface area contributed by atoms with E-state index in [-0.39, 0.29) is 11.9 Å². The molecule has 6 nitrogen and oxygen atoms in total. The first-order chi connectivity index (χ1) is 11.4. The number of nitrogens with one attached hydrogen (secondary N) is 1. The largest absolute Gasteiger partial charge is 0.493 e. The van der Waals surface area contributed by atoms with Crippen molar-refractivity contribution in [1.82, 2.24) is 15.1 Å². The second-order valence-electron chi connectivity index (χ2n) is 6.78. The Kier molecular flexibility index (Phi) is 6.45. The molecule has 24 heavy (non-hydrogen) atoms. The van der Waals surface area contributed by atoms with Gasteiger partial charge < -0.3 is 24.6 Å². The molecule has 0 radical (unpaired) electrons. The van der Waals surface area contributed by atoms with Crippen molar-refractivity contribution in [3.63, 3.8) is 0 Å². The van der Waals surface area contributed by atoms with Gasteiger partial charge in [0.2, 0.25) is 5.91 Å². The summed E-state index contributed by atoms with van der Waals surface area (Å²) in [5.41, 5.74) is 0.917. The van der Waals surface area contributed by atoms with Gasteiger partial charge in [0.1, 0.15) is 0 Å². The zero-order valence-electron chi connectivity index (χ0n) is 15.3. The fourth-order valence-corrected chi connectivity index (χ4v) is 3.34. The van der Waals surface area contributed by atoms with E-state index in [9.17, 15) is 4.79 Å². The Labute approximate surface area is 144 Å². The summed E-state index contributed by atoms with van der Waals surface area (Å²) in [6.45, 7) is 2.89. The Morgan fingerprint density at radius 2 is 1.96 bits per heavy atom. The number of ether oxygens (including phenoxy) is 2. The Hall–Kier alpha value is -1.79. The van der Waals surface area contributed by atoms with E-state index in [2.05, 4.69) is 36.3 Å². The summed E-state index contributed by atoms with van der Waals surface area (Å²) in [6.07, 6.45) is 0.343. The summed E-state index contributed by atoms with van der Waals surface area (Å²) >= 11 is 0. The van der Waals surface area contributed by atoms with E-state index >= 15 is 0 Å². The molecule has 1 heterocycles. The Morgan fingerprint density at radius 1 is 1.25 bits per heavy atom. The minimum absolute atomic E-state index is 0.0475. The third kappa shape index (κ3) is 4.85. The lowest BCUT2D eigenvalue weighted by atomic mass is 10.0. The summed E-state index contributed by atoms with van der Waals surface area (Å²) in [4.78, 5) is 16.9. The van der Waals surface area contributed by atoms with Crippen molar-refractivity contribution in [1.29, 1.82) is 0 Å². The number of carbonyl (C=O) groups excluding carboxylic acids is 1. The molecule has 1 N–H and O–H groups in total. The summed E-state index contributed by atoms with van der Waals surface area (Å²) in [6, 6.07) is 5.79. The van der Waals surface area contributed by atoms with E-state index in [0.717, 1.165) is 25.2 Å². The first kappa shape index (κ1) is 18.5. The molecule has 0 saturated carbocycles. The molecule has 2 rings (SSSR count). The number of methoxy groups -OCH3 is 2. The first-order valence-electron chi connectivity index (χ1n) is 8.26. The molecule has 1 aliphatic heterocycles. The maximum absolute atomic E-state index is 12.4. The summed E-state index contributed by atoms with van der Waals surface area (Å²) in [5, 5.41) is 3.20. The lowest BCUT2D eigenvalue weighted by Gasteiger charge is -2.23. The molecular weight excluding hydrogens is 306 g/mol. The van der Waals surface area contributed by atoms with Gasteiger partial charge in [-0.25, -0.2) is 0 Å². The number of likely N-dealkylation sites (tertiary alicyclic amines) is 1. The van der Waals surface area contributed by atoms with Crippen LogP contribution in [0.4, 0.5) is 0 Å². The van der Waals surface area contributed by atoms with Gasteiger partial charge >= 0.3 is 0 Å². The molecule has 0 spiro atoms. The fraction of sp³-hybridized carbons (Fsp3) is 0.611. The van der Waals surface area contributed by atoms with E-state index in [1.807, 2.05) is 18.2 Å². The van der Waals surface area contributed by atoms with Crippen LogP contribution in [0, 0.1) is 5.92 Å². The number of carbonyl (C=O) groups is 1. The van der Waals surface area contributed by atoms with Crippen molar-refractivity contribution in [2.45, 2.75) is 12.5 Å². The highest BCUT2D eigenvalue weighted by molar-refractivity contribution is 5.79. The van der Waals surface area contributed by atoms with Crippen LogP contribution in [-0.2, 0) is 11.2 Å². The average molecular weight is 335 g/mol. The van der Waals surface area contributed by atoms with Gasteiger partial charge in [0, 0.05) is 31.6 Å². The van der Waals surface area contributed by atoms with Gasteiger partial charge in [-0.1, -0.05) is 6.07 Å². The third-order valence-electron chi connectivity index (χ3n) is 4.38. The van der Waals surface area contributed by atoms with E-state index in [4.69, 9.17) is 9.47 Å². The van der Waals surface area contributed by atoms with Gasteiger partial charge in [0.15, 0.2) is 11.5 Å². The quantitative estimate of drug-likeness (QED) is 0.801. The van der Waals surface area contributed by atoms with Crippen LogP contribution >= 0.6 is 0 Å². The number of hydrogen-bond donors (Lipinski definition) is 1. The standard InChI is InChI=1S/C18H29N3O3/c1-20(2)10-14-11-21(3)12-15(14)19-18(22)9-13-6-7-16(23-4)17(8-13)24-5/h6-8,14-15H,9-12H2,1-5H3,(H,19,22)/t14-,15-/m1/s1. The van der Waals surface area contributed by atoms with Gasteiger partial charge in [-0.3, -0.25) is 4.79 Å². The fourth-order valence-electron chi connectivity index (χ4n) is 3.34. The van der Waals surface area contributed by atoms with E-state index in [1.54, 1.807) is 14.2 Å². The van der Waals surface area contributed by atoms with E-state index < -0.39 is 0 Å². The van der Waals surface area contributed by atoms with Crippen molar-refractivity contribution in [3.05, 3.63) is 23.8 Å². The molecule has 0 unspecified atom stereocenters. The molecule has 0 bridgehead atoms. The molecular formula is C18H29N3O3. The van der Waals surface area contributed by atoms with Crippen LogP contribution in [0.1, 0.15) is 5.56 Å².